The molecule has 2 aromatic rings. The Labute approximate surface area is 159 Å². The first-order chi connectivity index (χ1) is 13.2. The van der Waals surface area contributed by atoms with E-state index in [0.717, 1.165) is 38.3 Å². The highest BCUT2D eigenvalue weighted by atomic mass is 16.2. The maximum atomic E-state index is 12.0. The Morgan fingerprint density at radius 1 is 1.07 bits per heavy atom. The fourth-order valence-electron chi connectivity index (χ4n) is 3.01. The summed E-state index contributed by atoms with van der Waals surface area (Å²) in [4.78, 5) is 16.6. The summed E-state index contributed by atoms with van der Waals surface area (Å²) >= 11 is 0. The van der Waals surface area contributed by atoms with Crippen molar-refractivity contribution in [3.8, 4) is 6.07 Å². The third kappa shape index (κ3) is 5.66. The molecule has 2 aromatic carbocycles. The number of hydrazone groups is 1. The number of carbonyl (C=O) groups is 1. The Morgan fingerprint density at radius 2 is 1.78 bits per heavy atom. The van der Waals surface area contributed by atoms with Crippen molar-refractivity contribution in [2.75, 3.05) is 37.6 Å². The van der Waals surface area contributed by atoms with Crippen LogP contribution in [0.4, 0.5) is 5.69 Å². The monoisotopic (exact) mass is 361 g/mol. The lowest BCUT2D eigenvalue weighted by molar-refractivity contribution is -0.121. The van der Waals surface area contributed by atoms with E-state index in [4.69, 9.17) is 5.26 Å². The second-order valence-electron chi connectivity index (χ2n) is 6.44. The van der Waals surface area contributed by atoms with Gasteiger partial charge < -0.3 is 4.90 Å². The average molecular weight is 361 g/mol. The van der Waals surface area contributed by atoms with Gasteiger partial charge in [-0.15, -0.1) is 0 Å². The van der Waals surface area contributed by atoms with Crippen molar-refractivity contribution in [1.82, 2.24) is 10.3 Å². The van der Waals surface area contributed by atoms with Crippen LogP contribution in [0.15, 0.2) is 59.7 Å². The summed E-state index contributed by atoms with van der Waals surface area (Å²) in [5.74, 6) is -0.0922. The highest BCUT2D eigenvalue weighted by Crippen LogP contribution is 2.15. The van der Waals surface area contributed by atoms with Gasteiger partial charge in [0.25, 0.3) is 0 Å². The van der Waals surface area contributed by atoms with Gasteiger partial charge in [0.05, 0.1) is 17.8 Å². The van der Waals surface area contributed by atoms with Gasteiger partial charge in [0.1, 0.15) is 0 Å². The van der Waals surface area contributed by atoms with Gasteiger partial charge in [0.2, 0.25) is 5.91 Å². The molecule has 0 bridgehead atoms. The highest BCUT2D eigenvalue weighted by Gasteiger charge is 2.17. The van der Waals surface area contributed by atoms with Crippen LogP contribution in [0.2, 0.25) is 0 Å². The molecular formula is C21H23N5O. The smallest absolute Gasteiger partial charge is 0.241 e. The van der Waals surface area contributed by atoms with E-state index in [-0.39, 0.29) is 5.91 Å². The molecule has 6 heteroatoms. The zero-order valence-electron chi connectivity index (χ0n) is 15.2. The van der Waals surface area contributed by atoms with Crippen LogP contribution in [-0.2, 0) is 4.79 Å². The van der Waals surface area contributed by atoms with Crippen LogP contribution in [0.25, 0.3) is 0 Å². The lowest BCUT2D eigenvalue weighted by atomic mass is 10.2. The van der Waals surface area contributed by atoms with Crippen molar-refractivity contribution in [2.24, 2.45) is 5.10 Å². The van der Waals surface area contributed by atoms with Crippen molar-refractivity contribution >= 4 is 17.8 Å². The number of carbonyl (C=O) groups excluding carboxylic acids is 1. The van der Waals surface area contributed by atoms with E-state index in [1.807, 2.05) is 6.07 Å². The SMILES string of the molecule is N#Cc1ccc(C=NNC(=O)CCN2CCN(c3ccccc3)CC2)cc1. The lowest BCUT2D eigenvalue weighted by Crippen LogP contribution is -2.47. The van der Waals surface area contributed by atoms with E-state index in [1.54, 1.807) is 30.5 Å². The number of rotatable bonds is 6. The molecule has 1 N–H and O–H groups in total. The molecule has 0 atom stereocenters. The van der Waals surface area contributed by atoms with Crippen LogP contribution in [0.1, 0.15) is 17.5 Å². The van der Waals surface area contributed by atoms with Gasteiger partial charge in [-0.05, 0) is 29.8 Å². The number of benzene rings is 2. The number of nitrogens with zero attached hydrogens (tertiary/aromatic N) is 4. The van der Waals surface area contributed by atoms with E-state index in [1.165, 1.54) is 5.69 Å². The normalized spacial score (nSPS) is 14.9. The first-order valence-electron chi connectivity index (χ1n) is 9.09. The molecule has 0 saturated carbocycles. The number of nitriles is 1. The molecular weight excluding hydrogens is 338 g/mol. The Bertz CT molecular complexity index is 803. The van der Waals surface area contributed by atoms with Crippen molar-refractivity contribution in [3.05, 3.63) is 65.7 Å². The first kappa shape index (κ1) is 18.6. The molecule has 1 aliphatic heterocycles. The molecule has 0 radical (unpaired) electrons. The Kier molecular flexibility index (Phi) is 6.55. The topological polar surface area (TPSA) is 71.7 Å². The number of amides is 1. The number of anilines is 1. The quantitative estimate of drug-likeness (QED) is 0.633. The highest BCUT2D eigenvalue weighted by molar-refractivity contribution is 5.82. The summed E-state index contributed by atoms with van der Waals surface area (Å²) in [6, 6.07) is 19.5. The average Bonchev–Trinajstić information content (AvgIpc) is 2.74. The van der Waals surface area contributed by atoms with Crippen molar-refractivity contribution in [2.45, 2.75) is 6.42 Å². The number of para-hydroxylation sites is 1. The van der Waals surface area contributed by atoms with E-state index >= 15 is 0 Å². The van der Waals surface area contributed by atoms with E-state index in [0.29, 0.717) is 12.0 Å². The third-order valence-electron chi connectivity index (χ3n) is 4.59. The fraction of sp³-hybridized carbons (Fsp3) is 0.286. The number of hydrogen-bond acceptors (Lipinski definition) is 5. The zero-order chi connectivity index (χ0) is 18.9. The maximum absolute atomic E-state index is 12.0. The predicted molar refractivity (Wildman–Crippen MR) is 107 cm³/mol. The van der Waals surface area contributed by atoms with Gasteiger partial charge in [-0.25, -0.2) is 5.43 Å². The van der Waals surface area contributed by atoms with Crippen LogP contribution in [0.3, 0.4) is 0 Å². The standard InChI is InChI=1S/C21H23N5O/c22-16-18-6-8-19(9-7-18)17-23-24-21(27)10-11-25-12-14-26(15-13-25)20-4-2-1-3-5-20/h1-9,17H,10-15H2,(H,24,27). The van der Waals surface area contributed by atoms with Gasteiger partial charge in [0.15, 0.2) is 0 Å². The third-order valence-corrected chi connectivity index (χ3v) is 4.59. The van der Waals surface area contributed by atoms with Gasteiger partial charge in [-0.3, -0.25) is 9.69 Å². The number of hydrogen-bond donors (Lipinski definition) is 1. The Morgan fingerprint density at radius 3 is 2.44 bits per heavy atom. The van der Waals surface area contributed by atoms with Crippen LogP contribution in [-0.4, -0.2) is 49.7 Å². The minimum absolute atomic E-state index is 0.0922. The van der Waals surface area contributed by atoms with Gasteiger partial charge in [-0.1, -0.05) is 30.3 Å². The molecule has 6 nitrogen and oxygen atoms in total. The summed E-state index contributed by atoms with van der Waals surface area (Å²) < 4.78 is 0. The van der Waals surface area contributed by atoms with Crippen LogP contribution >= 0.6 is 0 Å². The van der Waals surface area contributed by atoms with Gasteiger partial charge in [-0.2, -0.15) is 10.4 Å². The van der Waals surface area contributed by atoms with E-state index < -0.39 is 0 Å². The molecule has 1 heterocycles. The van der Waals surface area contributed by atoms with Crippen molar-refractivity contribution < 1.29 is 4.79 Å². The predicted octanol–water partition coefficient (Wildman–Crippen LogP) is 2.22. The van der Waals surface area contributed by atoms with E-state index in [9.17, 15) is 4.79 Å². The summed E-state index contributed by atoms with van der Waals surface area (Å²) in [6.07, 6.45) is 2.01. The van der Waals surface area contributed by atoms with Crippen molar-refractivity contribution in [1.29, 1.82) is 5.26 Å². The first-order valence-corrected chi connectivity index (χ1v) is 9.09. The van der Waals surface area contributed by atoms with Crippen LogP contribution in [0.5, 0.6) is 0 Å². The molecule has 138 valence electrons. The van der Waals surface area contributed by atoms with E-state index in [2.05, 4.69) is 50.7 Å². The summed E-state index contributed by atoms with van der Waals surface area (Å²) in [7, 11) is 0. The van der Waals surface area contributed by atoms with Gasteiger partial charge >= 0.3 is 0 Å². The minimum atomic E-state index is -0.0922. The lowest BCUT2D eigenvalue weighted by Gasteiger charge is -2.36. The Balaban J connectivity index is 1.36. The molecule has 27 heavy (non-hydrogen) atoms. The van der Waals surface area contributed by atoms with Gasteiger partial charge in [0, 0.05) is 44.8 Å². The van der Waals surface area contributed by atoms with Crippen LogP contribution < -0.4 is 10.3 Å². The molecule has 3 rings (SSSR count). The van der Waals surface area contributed by atoms with Crippen molar-refractivity contribution in [3.63, 3.8) is 0 Å². The maximum Gasteiger partial charge on any atom is 0.241 e. The summed E-state index contributed by atoms with van der Waals surface area (Å²) in [5, 5.41) is 12.7. The fourth-order valence-corrected chi connectivity index (χ4v) is 3.01. The molecule has 1 amide bonds. The molecule has 1 aliphatic rings. The minimum Gasteiger partial charge on any atom is -0.369 e. The van der Waals surface area contributed by atoms with Crippen LogP contribution in [0, 0.1) is 11.3 Å². The summed E-state index contributed by atoms with van der Waals surface area (Å²) in [5.41, 5.74) is 5.26. The second kappa shape index (κ2) is 9.51. The zero-order valence-corrected chi connectivity index (χ0v) is 15.2. The molecule has 1 fully saturated rings. The molecule has 0 aromatic heterocycles. The largest absolute Gasteiger partial charge is 0.369 e. The molecule has 0 spiro atoms. The number of nitrogens with one attached hydrogen (secondary N) is 1. The molecule has 0 aliphatic carbocycles. The summed E-state index contributed by atoms with van der Waals surface area (Å²) in [6.45, 7) is 4.60. The Hall–Kier alpha value is -3.17. The molecule has 0 unspecified atom stereocenters. The molecule has 1 saturated heterocycles. The number of piperazine rings is 1. The second-order valence-corrected chi connectivity index (χ2v) is 6.44.